The molecule has 1 N–H and O–H groups in total. The molecule has 0 radical (unpaired) electrons. The van der Waals surface area contributed by atoms with Crippen molar-refractivity contribution in [2.75, 3.05) is 6.61 Å². The molecular formula is C21H35IO4. The molecule has 1 saturated heterocycles. The van der Waals surface area contributed by atoms with Gasteiger partial charge in [0, 0.05) is 0 Å². The Morgan fingerprint density at radius 3 is 2.65 bits per heavy atom. The molecule has 4 nitrogen and oxygen atoms in total. The lowest BCUT2D eigenvalue weighted by Gasteiger charge is -2.19. The van der Waals surface area contributed by atoms with Crippen molar-refractivity contribution in [3.05, 3.63) is 22.3 Å². The SMILES string of the molecule is C=C(I)[C@H](C)C[C@H](O)CC[C@@H]1O[C@@H](CCCOC(=O)C(C)(C)C)CC1=C. The second kappa shape index (κ2) is 10.8. The van der Waals surface area contributed by atoms with E-state index in [1.54, 1.807) is 0 Å². The van der Waals surface area contributed by atoms with Crippen molar-refractivity contribution in [2.24, 2.45) is 11.3 Å². The number of hydrogen-bond acceptors (Lipinski definition) is 4. The lowest BCUT2D eigenvalue weighted by Crippen LogP contribution is -2.23. The second-order valence-electron chi connectivity index (χ2n) is 8.45. The third-order valence-electron chi connectivity index (χ3n) is 4.74. The summed E-state index contributed by atoms with van der Waals surface area (Å²) in [5.41, 5.74) is 0.658. The summed E-state index contributed by atoms with van der Waals surface area (Å²) < 4.78 is 12.5. The highest BCUT2D eigenvalue weighted by molar-refractivity contribution is 14.1. The summed E-state index contributed by atoms with van der Waals surface area (Å²) in [6.45, 7) is 16.2. The van der Waals surface area contributed by atoms with E-state index in [1.165, 1.54) is 0 Å². The van der Waals surface area contributed by atoms with Crippen molar-refractivity contribution in [3.63, 3.8) is 0 Å². The van der Waals surface area contributed by atoms with Crippen molar-refractivity contribution in [2.45, 2.75) is 84.5 Å². The standard InChI is InChI=1S/C21H35IO4/c1-14(16(3)22)12-17(23)9-10-19-15(2)13-18(26-19)8-7-11-25-20(24)21(4,5)6/h14,17-19,23H,2-3,7-13H2,1,4-6H3/t14-,17-,18+,19+/m1/s1. The third-order valence-corrected chi connectivity index (χ3v) is 5.80. The summed E-state index contributed by atoms with van der Waals surface area (Å²) in [4.78, 5) is 11.7. The van der Waals surface area contributed by atoms with Crippen molar-refractivity contribution < 1.29 is 19.4 Å². The van der Waals surface area contributed by atoms with E-state index in [-0.39, 0.29) is 24.3 Å². The Balaban J connectivity index is 2.25. The Hall–Kier alpha value is -0.400. The van der Waals surface area contributed by atoms with Gasteiger partial charge in [0.25, 0.3) is 0 Å². The highest BCUT2D eigenvalue weighted by atomic mass is 127. The number of aliphatic hydroxyl groups is 1. The molecule has 0 amide bonds. The van der Waals surface area contributed by atoms with Crippen LogP contribution in [0.15, 0.2) is 22.3 Å². The average Bonchev–Trinajstić information content (AvgIpc) is 2.88. The van der Waals surface area contributed by atoms with Gasteiger partial charge in [0.1, 0.15) is 0 Å². The summed E-state index contributed by atoms with van der Waals surface area (Å²) in [6, 6.07) is 0. The normalized spacial score (nSPS) is 22.9. The molecule has 0 spiro atoms. The highest BCUT2D eigenvalue weighted by Gasteiger charge is 2.29. The summed E-state index contributed by atoms with van der Waals surface area (Å²) >= 11 is 2.22. The number of aliphatic hydroxyl groups excluding tert-OH is 1. The maximum Gasteiger partial charge on any atom is 0.311 e. The summed E-state index contributed by atoms with van der Waals surface area (Å²) in [7, 11) is 0. The van der Waals surface area contributed by atoms with Gasteiger partial charge in [-0.3, -0.25) is 4.79 Å². The molecule has 1 aliphatic rings. The number of allylic oxidation sites excluding steroid dienone is 1. The smallest absolute Gasteiger partial charge is 0.311 e. The molecule has 1 rings (SSSR count). The zero-order chi connectivity index (χ0) is 19.9. The lowest BCUT2D eigenvalue weighted by atomic mass is 9.97. The van der Waals surface area contributed by atoms with Crippen molar-refractivity contribution in [1.29, 1.82) is 0 Å². The predicted molar refractivity (Wildman–Crippen MR) is 114 cm³/mol. The Bertz CT molecular complexity index is 495. The monoisotopic (exact) mass is 478 g/mol. The van der Waals surface area contributed by atoms with Crippen molar-refractivity contribution >= 4 is 28.6 Å². The minimum atomic E-state index is -0.453. The molecule has 0 bridgehead atoms. The van der Waals surface area contributed by atoms with Gasteiger partial charge in [-0.15, -0.1) is 0 Å². The van der Waals surface area contributed by atoms with Gasteiger partial charge in [-0.25, -0.2) is 0 Å². The van der Waals surface area contributed by atoms with Gasteiger partial charge in [-0.2, -0.15) is 0 Å². The van der Waals surface area contributed by atoms with E-state index in [4.69, 9.17) is 9.47 Å². The first-order valence-electron chi connectivity index (χ1n) is 9.53. The predicted octanol–water partition coefficient (Wildman–Crippen LogP) is 5.19. The number of halogens is 1. The molecular weight excluding hydrogens is 443 g/mol. The Morgan fingerprint density at radius 1 is 1.42 bits per heavy atom. The minimum Gasteiger partial charge on any atom is -0.465 e. The van der Waals surface area contributed by atoms with Crippen LogP contribution in [-0.2, 0) is 14.3 Å². The topological polar surface area (TPSA) is 55.8 Å². The number of hydrogen-bond donors (Lipinski definition) is 1. The van der Waals surface area contributed by atoms with Crippen molar-refractivity contribution in [1.82, 2.24) is 0 Å². The minimum absolute atomic E-state index is 0.0323. The Morgan fingerprint density at radius 2 is 2.08 bits per heavy atom. The molecule has 1 heterocycles. The third kappa shape index (κ3) is 8.53. The lowest BCUT2D eigenvalue weighted by molar-refractivity contribution is -0.153. The van der Waals surface area contributed by atoms with Gasteiger partial charge in [0.2, 0.25) is 0 Å². The molecule has 1 fully saturated rings. The molecule has 4 atom stereocenters. The van der Waals surface area contributed by atoms with Crippen LogP contribution in [0.5, 0.6) is 0 Å². The van der Waals surface area contributed by atoms with E-state index in [1.807, 2.05) is 20.8 Å². The van der Waals surface area contributed by atoms with E-state index in [9.17, 15) is 9.90 Å². The maximum atomic E-state index is 11.7. The van der Waals surface area contributed by atoms with Gasteiger partial charge in [-0.05, 0) is 97.0 Å². The highest BCUT2D eigenvalue weighted by Crippen LogP contribution is 2.31. The van der Waals surface area contributed by atoms with E-state index in [0.29, 0.717) is 18.9 Å². The van der Waals surface area contributed by atoms with Crippen LogP contribution in [0.25, 0.3) is 0 Å². The van der Waals surface area contributed by atoms with E-state index < -0.39 is 5.41 Å². The second-order valence-corrected chi connectivity index (χ2v) is 9.84. The fourth-order valence-corrected chi connectivity index (χ4v) is 3.19. The molecule has 0 aliphatic carbocycles. The van der Waals surface area contributed by atoms with Crippen LogP contribution < -0.4 is 0 Å². The molecule has 5 heteroatoms. The Kier molecular flexibility index (Phi) is 9.83. The molecule has 1 aliphatic heterocycles. The van der Waals surface area contributed by atoms with Crippen LogP contribution in [0.2, 0.25) is 0 Å². The zero-order valence-corrected chi connectivity index (χ0v) is 18.9. The molecule has 0 unspecified atom stereocenters. The summed E-state index contributed by atoms with van der Waals surface area (Å²) in [6.07, 6.45) is 4.62. The van der Waals surface area contributed by atoms with Crippen LogP contribution in [0.1, 0.15) is 66.2 Å². The number of carbonyl (C=O) groups is 1. The zero-order valence-electron chi connectivity index (χ0n) is 16.7. The van der Waals surface area contributed by atoms with Crippen LogP contribution in [0.4, 0.5) is 0 Å². The van der Waals surface area contributed by atoms with Crippen LogP contribution in [0, 0.1) is 11.3 Å². The molecule has 0 aromatic carbocycles. The maximum absolute atomic E-state index is 11.7. The first kappa shape index (κ1) is 23.6. The quantitative estimate of drug-likeness (QED) is 0.203. The first-order valence-corrected chi connectivity index (χ1v) is 10.6. The summed E-state index contributed by atoms with van der Waals surface area (Å²) in [5.74, 6) is 0.159. The van der Waals surface area contributed by atoms with Crippen LogP contribution in [0.3, 0.4) is 0 Å². The van der Waals surface area contributed by atoms with E-state index >= 15 is 0 Å². The van der Waals surface area contributed by atoms with Gasteiger partial charge in [0.15, 0.2) is 0 Å². The summed E-state index contributed by atoms with van der Waals surface area (Å²) in [5, 5.41) is 10.2. The number of carbonyl (C=O) groups excluding carboxylic acids is 1. The number of esters is 1. The average molecular weight is 478 g/mol. The van der Waals surface area contributed by atoms with Gasteiger partial charge in [0.05, 0.1) is 30.3 Å². The molecule has 26 heavy (non-hydrogen) atoms. The van der Waals surface area contributed by atoms with Gasteiger partial charge < -0.3 is 14.6 Å². The fourth-order valence-electron chi connectivity index (χ4n) is 2.93. The largest absolute Gasteiger partial charge is 0.465 e. The fraction of sp³-hybridized carbons (Fsp3) is 0.762. The number of rotatable bonds is 10. The Labute approximate surface area is 172 Å². The van der Waals surface area contributed by atoms with Crippen molar-refractivity contribution in [3.8, 4) is 0 Å². The number of ether oxygens (including phenoxy) is 2. The van der Waals surface area contributed by atoms with Crippen LogP contribution >= 0.6 is 22.6 Å². The van der Waals surface area contributed by atoms with Crippen LogP contribution in [-0.4, -0.2) is 36.0 Å². The molecule has 0 aromatic rings. The van der Waals surface area contributed by atoms with Gasteiger partial charge in [-0.1, -0.05) is 20.1 Å². The molecule has 150 valence electrons. The van der Waals surface area contributed by atoms with E-state index in [2.05, 4.69) is 42.7 Å². The van der Waals surface area contributed by atoms with Gasteiger partial charge >= 0.3 is 5.97 Å². The molecule has 0 saturated carbocycles. The molecule has 0 aromatic heterocycles. The first-order chi connectivity index (χ1) is 12.0. The van der Waals surface area contributed by atoms with E-state index in [0.717, 1.165) is 41.3 Å².